The molecule has 1 aliphatic heterocycles. The SMILES string of the molecule is O=C(Nc1cccc(CCCc2ccccc2)c1)N1CC[C@@H](O)C1. The number of β-amino-alcohol motifs (C(OH)–C–C–N with tert-alkyl or cyclic N) is 1. The maximum atomic E-state index is 12.2. The van der Waals surface area contributed by atoms with Crippen LogP contribution in [0, 0.1) is 0 Å². The lowest BCUT2D eigenvalue weighted by molar-refractivity contribution is 0.176. The molecule has 2 aromatic carbocycles. The average Bonchev–Trinajstić information content (AvgIpc) is 3.03. The van der Waals surface area contributed by atoms with E-state index in [1.165, 1.54) is 11.1 Å². The van der Waals surface area contributed by atoms with Gasteiger partial charge in [0.05, 0.1) is 6.10 Å². The van der Waals surface area contributed by atoms with Gasteiger partial charge in [-0.25, -0.2) is 4.79 Å². The number of carbonyl (C=O) groups is 1. The fourth-order valence-electron chi connectivity index (χ4n) is 3.07. The fourth-order valence-corrected chi connectivity index (χ4v) is 3.07. The molecule has 2 N–H and O–H groups in total. The van der Waals surface area contributed by atoms with Gasteiger partial charge < -0.3 is 15.3 Å². The van der Waals surface area contributed by atoms with Crippen molar-refractivity contribution in [2.45, 2.75) is 31.8 Å². The summed E-state index contributed by atoms with van der Waals surface area (Å²) in [7, 11) is 0. The van der Waals surface area contributed by atoms with Crippen LogP contribution in [0.4, 0.5) is 10.5 Å². The number of urea groups is 1. The van der Waals surface area contributed by atoms with Crippen molar-refractivity contribution in [1.29, 1.82) is 0 Å². The molecule has 24 heavy (non-hydrogen) atoms. The molecule has 4 heteroatoms. The molecule has 1 saturated heterocycles. The quantitative estimate of drug-likeness (QED) is 0.885. The fraction of sp³-hybridized carbons (Fsp3) is 0.350. The van der Waals surface area contributed by atoms with E-state index in [1.54, 1.807) is 4.90 Å². The number of carbonyl (C=O) groups excluding carboxylic acids is 1. The first kappa shape index (κ1) is 16.5. The Morgan fingerprint density at radius 2 is 1.83 bits per heavy atom. The highest BCUT2D eigenvalue weighted by molar-refractivity contribution is 5.89. The number of aliphatic hydroxyl groups excluding tert-OH is 1. The number of rotatable bonds is 5. The molecule has 0 aromatic heterocycles. The minimum Gasteiger partial charge on any atom is -0.391 e. The molecule has 0 bridgehead atoms. The van der Waals surface area contributed by atoms with Gasteiger partial charge in [0.2, 0.25) is 0 Å². The predicted molar refractivity (Wildman–Crippen MR) is 96.1 cm³/mol. The Labute approximate surface area is 143 Å². The number of likely N-dealkylation sites (tertiary alicyclic amines) is 1. The van der Waals surface area contributed by atoms with Crippen molar-refractivity contribution in [2.75, 3.05) is 18.4 Å². The average molecular weight is 324 g/mol. The Morgan fingerprint density at radius 3 is 2.58 bits per heavy atom. The lowest BCUT2D eigenvalue weighted by Crippen LogP contribution is -2.33. The Kier molecular flexibility index (Phi) is 5.49. The van der Waals surface area contributed by atoms with E-state index in [0.29, 0.717) is 19.5 Å². The highest BCUT2D eigenvalue weighted by atomic mass is 16.3. The van der Waals surface area contributed by atoms with Crippen LogP contribution in [0.1, 0.15) is 24.0 Å². The third-order valence-corrected chi connectivity index (χ3v) is 4.40. The third kappa shape index (κ3) is 4.59. The van der Waals surface area contributed by atoms with Crippen LogP contribution in [0.5, 0.6) is 0 Å². The summed E-state index contributed by atoms with van der Waals surface area (Å²) in [4.78, 5) is 13.8. The van der Waals surface area contributed by atoms with Crippen molar-refractivity contribution in [2.24, 2.45) is 0 Å². The van der Waals surface area contributed by atoms with E-state index < -0.39 is 0 Å². The zero-order chi connectivity index (χ0) is 16.8. The Bertz CT molecular complexity index is 672. The van der Waals surface area contributed by atoms with E-state index >= 15 is 0 Å². The van der Waals surface area contributed by atoms with Crippen LogP contribution in [-0.2, 0) is 12.8 Å². The smallest absolute Gasteiger partial charge is 0.321 e. The normalized spacial score (nSPS) is 17.0. The maximum absolute atomic E-state index is 12.2. The second kappa shape index (κ2) is 7.97. The first-order chi connectivity index (χ1) is 11.7. The molecule has 1 atom stereocenters. The van der Waals surface area contributed by atoms with Gasteiger partial charge in [0.1, 0.15) is 0 Å². The molecule has 0 saturated carbocycles. The van der Waals surface area contributed by atoms with E-state index in [4.69, 9.17) is 0 Å². The number of hydrogen-bond donors (Lipinski definition) is 2. The standard InChI is InChI=1S/C20H24N2O2/c23-19-12-13-22(15-19)20(24)21-18-11-5-10-17(14-18)9-4-8-16-6-2-1-3-7-16/h1-3,5-7,10-11,14,19,23H,4,8-9,12-13,15H2,(H,21,24)/t19-/m1/s1. The maximum Gasteiger partial charge on any atom is 0.321 e. The molecule has 2 aromatic rings. The van der Waals surface area contributed by atoms with Gasteiger partial charge in [-0.3, -0.25) is 0 Å². The molecule has 126 valence electrons. The largest absolute Gasteiger partial charge is 0.391 e. The van der Waals surface area contributed by atoms with Crippen LogP contribution >= 0.6 is 0 Å². The molecule has 1 aliphatic rings. The summed E-state index contributed by atoms with van der Waals surface area (Å²) >= 11 is 0. The molecule has 1 fully saturated rings. The van der Waals surface area contributed by atoms with Crippen LogP contribution in [0.3, 0.4) is 0 Å². The van der Waals surface area contributed by atoms with Gasteiger partial charge in [-0.15, -0.1) is 0 Å². The molecule has 3 rings (SSSR count). The van der Waals surface area contributed by atoms with Crippen LogP contribution in [-0.4, -0.2) is 35.2 Å². The third-order valence-electron chi connectivity index (χ3n) is 4.40. The molecular weight excluding hydrogens is 300 g/mol. The van der Waals surface area contributed by atoms with Crippen molar-refractivity contribution in [3.05, 3.63) is 65.7 Å². The molecule has 0 unspecified atom stereocenters. The van der Waals surface area contributed by atoms with Gasteiger partial charge in [-0.1, -0.05) is 42.5 Å². The second-order valence-corrected chi connectivity index (χ2v) is 6.36. The number of hydrogen-bond acceptors (Lipinski definition) is 2. The number of anilines is 1. The van der Waals surface area contributed by atoms with Crippen molar-refractivity contribution >= 4 is 11.7 Å². The van der Waals surface area contributed by atoms with E-state index in [9.17, 15) is 9.90 Å². The van der Waals surface area contributed by atoms with Gasteiger partial charge in [-0.2, -0.15) is 0 Å². The van der Waals surface area contributed by atoms with Crippen LogP contribution in [0.25, 0.3) is 0 Å². The van der Waals surface area contributed by atoms with Gasteiger partial charge >= 0.3 is 6.03 Å². The van der Waals surface area contributed by atoms with Gasteiger partial charge in [-0.05, 0) is 48.9 Å². The lowest BCUT2D eigenvalue weighted by Gasteiger charge is -2.16. The second-order valence-electron chi connectivity index (χ2n) is 6.36. The number of nitrogens with one attached hydrogen (secondary N) is 1. The summed E-state index contributed by atoms with van der Waals surface area (Å²) in [5, 5.41) is 12.5. The number of nitrogens with zero attached hydrogens (tertiary/aromatic N) is 1. The number of benzene rings is 2. The molecule has 0 aliphatic carbocycles. The van der Waals surface area contributed by atoms with Crippen LogP contribution in [0.15, 0.2) is 54.6 Å². The van der Waals surface area contributed by atoms with Crippen molar-refractivity contribution in [3.8, 4) is 0 Å². The summed E-state index contributed by atoms with van der Waals surface area (Å²) < 4.78 is 0. The van der Waals surface area contributed by atoms with E-state index in [1.807, 2.05) is 24.3 Å². The molecular formula is C20H24N2O2. The Morgan fingerprint density at radius 1 is 1.08 bits per heavy atom. The minimum absolute atomic E-state index is 0.131. The van der Waals surface area contributed by atoms with E-state index in [2.05, 4.69) is 35.6 Å². The first-order valence-corrected chi connectivity index (χ1v) is 8.57. The monoisotopic (exact) mass is 324 g/mol. The zero-order valence-electron chi connectivity index (χ0n) is 13.8. The highest BCUT2D eigenvalue weighted by Gasteiger charge is 2.24. The topological polar surface area (TPSA) is 52.6 Å². The highest BCUT2D eigenvalue weighted by Crippen LogP contribution is 2.16. The van der Waals surface area contributed by atoms with E-state index in [0.717, 1.165) is 24.9 Å². The molecule has 1 heterocycles. The summed E-state index contributed by atoms with van der Waals surface area (Å²) in [6.07, 6.45) is 3.40. The number of aliphatic hydroxyl groups is 1. The van der Waals surface area contributed by atoms with Gasteiger partial charge in [0, 0.05) is 18.8 Å². The lowest BCUT2D eigenvalue weighted by atomic mass is 10.0. The summed E-state index contributed by atoms with van der Waals surface area (Å²) in [6.45, 7) is 1.03. The van der Waals surface area contributed by atoms with Crippen LogP contribution in [0.2, 0.25) is 0 Å². The van der Waals surface area contributed by atoms with Crippen molar-refractivity contribution in [3.63, 3.8) is 0 Å². The zero-order valence-corrected chi connectivity index (χ0v) is 13.8. The summed E-state index contributed by atoms with van der Waals surface area (Å²) in [5.74, 6) is 0. The Balaban J connectivity index is 1.51. The van der Waals surface area contributed by atoms with Gasteiger partial charge in [0.25, 0.3) is 0 Å². The van der Waals surface area contributed by atoms with E-state index in [-0.39, 0.29) is 12.1 Å². The van der Waals surface area contributed by atoms with Gasteiger partial charge in [0.15, 0.2) is 0 Å². The summed E-state index contributed by atoms with van der Waals surface area (Å²) in [5.41, 5.74) is 3.40. The van der Waals surface area contributed by atoms with Crippen molar-refractivity contribution < 1.29 is 9.90 Å². The molecule has 2 amide bonds. The van der Waals surface area contributed by atoms with Crippen LogP contribution < -0.4 is 5.32 Å². The number of aryl methyl sites for hydroxylation is 2. The minimum atomic E-state index is -0.389. The van der Waals surface area contributed by atoms with Crippen molar-refractivity contribution in [1.82, 2.24) is 4.90 Å². The molecule has 0 radical (unpaired) electrons. The molecule has 0 spiro atoms. The Hall–Kier alpha value is -2.33. The molecule has 4 nitrogen and oxygen atoms in total. The predicted octanol–water partition coefficient (Wildman–Crippen LogP) is 3.46. The number of amides is 2. The first-order valence-electron chi connectivity index (χ1n) is 8.57. The summed E-state index contributed by atoms with van der Waals surface area (Å²) in [6, 6.07) is 18.4.